The number of carbonyl (C=O) groups excluding carboxylic acids is 2. The van der Waals surface area contributed by atoms with Crippen LogP contribution in [0.2, 0.25) is 0 Å². The molecule has 6 nitrogen and oxygen atoms in total. The van der Waals surface area contributed by atoms with Crippen LogP contribution in [-0.4, -0.2) is 27.9 Å². The molecule has 0 aliphatic carbocycles. The first-order chi connectivity index (χ1) is 14.2. The van der Waals surface area contributed by atoms with Crippen molar-refractivity contribution in [2.24, 2.45) is 0 Å². The average Bonchev–Trinajstić information content (AvgIpc) is 3.31. The molecule has 0 fully saturated rings. The van der Waals surface area contributed by atoms with E-state index in [1.54, 1.807) is 13.0 Å². The summed E-state index contributed by atoms with van der Waals surface area (Å²) in [6.07, 6.45) is -1.73. The van der Waals surface area contributed by atoms with Gasteiger partial charge in [-0.25, -0.2) is 0 Å². The zero-order chi connectivity index (χ0) is 21.6. The van der Waals surface area contributed by atoms with Crippen molar-refractivity contribution >= 4 is 34.5 Å². The summed E-state index contributed by atoms with van der Waals surface area (Å²) in [6.45, 7) is 1.62. The summed E-state index contributed by atoms with van der Waals surface area (Å²) in [6, 6.07) is 4.40. The number of alkyl halides is 3. The highest BCUT2D eigenvalue weighted by Gasteiger charge is 2.38. The van der Waals surface area contributed by atoms with Gasteiger partial charge in [0.1, 0.15) is 10.6 Å². The van der Waals surface area contributed by atoms with Crippen molar-refractivity contribution in [1.29, 1.82) is 0 Å². The molecule has 0 unspecified atom stereocenters. The number of halogens is 4. The lowest BCUT2D eigenvalue weighted by Crippen LogP contribution is -2.42. The van der Waals surface area contributed by atoms with Gasteiger partial charge >= 0.3 is 6.18 Å². The number of nitrogens with zero attached hydrogens (tertiary/aromatic N) is 3. The van der Waals surface area contributed by atoms with Crippen LogP contribution in [-0.2, 0) is 6.18 Å². The van der Waals surface area contributed by atoms with E-state index in [2.05, 4.69) is 10.3 Å². The van der Waals surface area contributed by atoms with Gasteiger partial charge in [-0.2, -0.15) is 17.6 Å². The van der Waals surface area contributed by atoms with E-state index >= 15 is 0 Å². The molecule has 1 aliphatic heterocycles. The maximum atomic E-state index is 14.5. The molecule has 4 heterocycles. The number of amides is 2. The van der Waals surface area contributed by atoms with Crippen LogP contribution < -0.4 is 10.2 Å². The van der Waals surface area contributed by atoms with Crippen molar-refractivity contribution in [2.75, 3.05) is 16.8 Å². The molecule has 0 saturated carbocycles. The van der Waals surface area contributed by atoms with Crippen LogP contribution in [0.25, 0.3) is 0 Å². The quantitative estimate of drug-likeness (QED) is 0.609. The molecule has 156 valence electrons. The molecule has 3 aromatic rings. The molecule has 0 radical (unpaired) electrons. The third-order valence-electron chi connectivity index (χ3n) is 4.67. The second kappa shape index (κ2) is 7.24. The molecule has 2 amide bonds. The highest BCUT2D eigenvalue weighted by molar-refractivity contribution is 7.10. The lowest BCUT2D eigenvalue weighted by Gasteiger charge is -2.32. The third kappa shape index (κ3) is 3.45. The van der Waals surface area contributed by atoms with Gasteiger partial charge in [-0.3, -0.25) is 14.6 Å². The molecule has 1 N–H and O–H groups in total. The minimum Gasteiger partial charge on any atom is -0.320 e. The van der Waals surface area contributed by atoms with Crippen LogP contribution in [0, 0.1) is 5.95 Å². The van der Waals surface area contributed by atoms with Gasteiger partial charge in [0.25, 0.3) is 11.8 Å². The van der Waals surface area contributed by atoms with Gasteiger partial charge in [-0.15, -0.1) is 11.3 Å². The van der Waals surface area contributed by atoms with Crippen molar-refractivity contribution in [1.82, 2.24) is 9.55 Å². The second-order valence-corrected chi connectivity index (χ2v) is 7.64. The predicted octanol–water partition coefficient (Wildman–Crippen LogP) is 4.58. The molecule has 30 heavy (non-hydrogen) atoms. The largest absolute Gasteiger partial charge is 0.425 e. The van der Waals surface area contributed by atoms with Gasteiger partial charge in [0.15, 0.2) is 5.95 Å². The average molecular weight is 438 g/mol. The molecule has 4 rings (SSSR count). The normalized spacial score (nSPS) is 16.5. The van der Waals surface area contributed by atoms with Crippen LogP contribution >= 0.6 is 11.3 Å². The monoisotopic (exact) mass is 438 g/mol. The maximum absolute atomic E-state index is 14.5. The highest BCUT2D eigenvalue weighted by atomic mass is 32.1. The first kappa shape index (κ1) is 20.1. The number of nitrogens with one attached hydrogen (secondary N) is 1. The summed E-state index contributed by atoms with van der Waals surface area (Å²) < 4.78 is 54.5. The Hall–Kier alpha value is -3.21. The lowest BCUT2D eigenvalue weighted by molar-refractivity contribution is -0.134. The fourth-order valence-electron chi connectivity index (χ4n) is 3.33. The Kier molecular flexibility index (Phi) is 4.85. The van der Waals surface area contributed by atoms with Crippen molar-refractivity contribution < 1.29 is 27.2 Å². The molecule has 1 aliphatic rings. The second-order valence-electron chi connectivity index (χ2n) is 6.73. The minimum absolute atomic E-state index is 0.0124. The van der Waals surface area contributed by atoms with Crippen LogP contribution in [0.5, 0.6) is 0 Å². The maximum Gasteiger partial charge on any atom is 0.425 e. The number of rotatable bonds is 3. The van der Waals surface area contributed by atoms with E-state index in [1.165, 1.54) is 23.8 Å². The smallest absolute Gasteiger partial charge is 0.320 e. The van der Waals surface area contributed by atoms with E-state index in [0.29, 0.717) is 11.3 Å². The van der Waals surface area contributed by atoms with Crippen molar-refractivity contribution in [3.8, 4) is 0 Å². The van der Waals surface area contributed by atoms with Gasteiger partial charge in [-0.1, -0.05) is 0 Å². The van der Waals surface area contributed by atoms with Crippen LogP contribution in [0.3, 0.4) is 0 Å². The Morgan fingerprint density at radius 3 is 2.73 bits per heavy atom. The minimum atomic E-state index is -4.53. The fourth-order valence-corrected chi connectivity index (χ4v) is 4.09. The van der Waals surface area contributed by atoms with Gasteiger partial charge in [0, 0.05) is 30.4 Å². The standard InChI is InChI=1S/C19H14F4N4O2S/c1-10-8-26(12-5-14(30-9-12)19(21,22)23)18(29)16-13(6-15(20)27(10)16)25-17(28)11-3-2-4-24-7-11/h2-7,9-10H,8H2,1H3,(H,25,28)/t10-/m0/s1. The van der Waals surface area contributed by atoms with Gasteiger partial charge in [0.05, 0.1) is 23.0 Å². The SMILES string of the molecule is C[C@H]1CN(c2csc(C(F)(F)F)c2)C(=O)c2c(NC(=O)c3cccnc3)cc(F)n21. The highest BCUT2D eigenvalue weighted by Crippen LogP contribution is 2.39. The van der Waals surface area contributed by atoms with Gasteiger partial charge in [0.2, 0.25) is 0 Å². The third-order valence-corrected chi connectivity index (χ3v) is 5.64. The molecule has 3 aromatic heterocycles. The Morgan fingerprint density at radius 2 is 2.10 bits per heavy atom. The van der Waals surface area contributed by atoms with Crippen molar-refractivity contribution in [3.63, 3.8) is 0 Å². The van der Waals surface area contributed by atoms with Gasteiger partial charge < -0.3 is 14.8 Å². The first-order valence-electron chi connectivity index (χ1n) is 8.76. The number of carbonyl (C=O) groups is 2. The van der Waals surface area contributed by atoms with Crippen LogP contribution in [0.4, 0.5) is 28.9 Å². The topological polar surface area (TPSA) is 67.2 Å². The Labute approximate surface area is 171 Å². The van der Waals surface area contributed by atoms with E-state index in [1.807, 2.05) is 0 Å². The molecule has 11 heteroatoms. The number of thiophene rings is 1. The first-order valence-corrected chi connectivity index (χ1v) is 9.64. The molecule has 0 aromatic carbocycles. The molecule has 1 atom stereocenters. The van der Waals surface area contributed by atoms with E-state index in [4.69, 9.17) is 0 Å². The summed E-state index contributed by atoms with van der Waals surface area (Å²) in [5.41, 5.74) is 0.0812. The Bertz CT molecular complexity index is 1120. The summed E-state index contributed by atoms with van der Waals surface area (Å²) in [7, 11) is 0. The molecular weight excluding hydrogens is 424 g/mol. The van der Waals surface area contributed by atoms with Crippen molar-refractivity contribution in [3.05, 3.63) is 64.1 Å². The number of hydrogen-bond donors (Lipinski definition) is 1. The Balaban J connectivity index is 1.69. The van der Waals surface area contributed by atoms with Crippen molar-refractivity contribution in [2.45, 2.75) is 19.1 Å². The molecule has 0 spiro atoms. The van der Waals surface area contributed by atoms with Gasteiger partial charge in [-0.05, 0) is 25.1 Å². The zero-order valence-electron chi connectivity index (χ0n) is 15.4. The summed E-state index contributed by atoms with van der Waals surface area (Å²) >= 11 is 0.476. The van der Waals surface area contributed by atoms with E-state index in [0.717, 1.165) is 21.6 Å². The molecule has 0 bridgehead atoms. The van der Waals surface area contributed by atoms with Crippen LogP contribution in [0.1, 0.15) is 38.7 Å². The van der Waals surface area contributed by atoms with E-state index < -0.39 is 34.9 Å². The van der Waals surface area contributed by atoms with Crippen LogP contribution in [0.15, 0.2) is 42.0 Å². The van der Waals surface area contributed by atoms with E-state index in [-0.39, 0.29) is 29.2 Å². The number of anilines is 2. The number of aromatic nitrogens is 2. The Morgan fingerprint density at radius 1 is 1.33 bits per heavy atom. The number of fused-ring (bicyclic) bond motifs is 1. The van der Waals surface area contributed by atoms with E-state index in [9.17, 15) is 27.2 Å². The molecule has 0 saturated heterocycles. The number of hydrogen-bond acceptors (Lipinski definition) is 4. The molecular formula is C19H14F4N4O2S. The lowest BCUT2D eigenvalue weighted by atomic mass is 10.1. The summed E-state index contributed by atoms with van der Waals surface area (Å²) in [4.78, 5) is 29.7. The number of pyridine rings is 1. The summed E-state index contributed by atoms with van der Waals surface area (Å²) in [5, 5.41) is 3.73. The zero-order valence-corrected chi connectivity index (χ0v) is 16.2. The fraction of sp³-hybridized carbons (Fsp3) is 0.211. The summed E-state index contributed by atoms with van der Waals surface area (Å²) in [5.74, 6) is -2.03. The predicted molar refractivity (Wildman–Crippen MR) is 102 cm³/mol.